The Hall–Kier alpha value is -2.34. The normalized spacial score (nSPS) is 14.0. The van der Waals surface area contributed by atoms with Gasteiger partial charge in [-0.3, -0.25) is 9.59 Å². The number of nitrogens with two attached hydrogens (primary N) is 2. The second-order valence-electron chi connectivity index (χ2n) is 5.80. The predicted octanol–water partition coefficient (Wildman–Crippen LogP) is 0.664. The van der Waals surface area contributed by atoms with E-state index >= 15 is 0 Å². The van der Waals surface area contributed by atoms with Crippen molar-refractivity contribution in [2.24, 2.45) is 17.4 Å². The summed E-state index contributed by atoms with van der Waals surface area (Å²) >= 11 is 0. The Morgan fingerprint density at radius 2 is 1.95 bits per heavy atom. The number of rotatable bonds is 6. The molecule has 0 aliphatic rings. The quantitative estimate of drug-likeness (QED) is 0.628. The molecule has 118 valence electrons. The Balaban J connectivity index is 2.06. The Morgan fingerprint density at radius 1 is 1.27 bits per heavy atom. The summed E-state index contributed by atoms with van der Waals surface area (Å²) < 4.78 is 0. The molecule has 1 heterocycles. The summed E-state index contributed by atoms with van der Waals surface area (Å²) in [4.78, 5) is 26.7. The number of aromatic nitrogens is 1. The van der Waals surface area contributed by atoms with Gasteiger partial charge >= 0.3 is 0 Å². The molecule has 22 heavy (non-hydrogen) atoms. The third-order valence-electron chi connectivity index (χ3n) is 3.72. The van der Waals surface area contributed by atoms with E-state index in [1.807, 2.05) is 44.3 Å². The van der Waals surface area contributed by atoms with Crippen LogP contribution in [0.25, 0.3) is 10.9 Å². The molecular weight excluding hydrogens is 280 g/mol. The molecule has 0 bridgehead atoms. The van der Waals surface area contributed by atoms with Gasteiger partial charge in [-0.1, -0.05) is 32.0 Å². The monoisotopic (exact) mass is 302 g/mol. The van der Waals surface area contributed by atoms with Crippen LogP contribution in [-0.2, 0) is 16.0 Å². The summed E-state index contributed by atoms with van der Waals surface area (Å²) in [6.45, 7) is 3.64. The van der Waals surface area contributed by atoms with Gasteiger partial charge in [0, 0.05) is 17.1 Å². The number of hydrogen-bond acceptors (Lipinski definition) is 3. The van der Waals surface area contributed by atoms with E-state index in [1.54, 1.807) is 0 Å². The molecule has 6 nitrogen and oxygen atoms in total. The van der Waals surface area contributed by atoms with E-state index in [-0.39, 0.29) is 11.8 Å². The molecule has 6 heteroatoms. The lowest BCUT2D eigenvalue weighted by molar-refractivity contribution is -0.129. The molecule has 2 amide bonds. The van der Waals surface area contributed by atoms with Crippen molar-refractivity contribution in [3.63, 3.8) is 0 Å². The largest absolute Gasteiger partial charge is 0.368 e. The average molecular weight is 302 g/mol. The predicted molar refractivity (Wildman–Crippen MR) is 85.9 cm³/mol. The fraction of sp³-hybridized carbons (Fsp3) is 0.375. The number of fused-ring (bicyclic) bond motifs is 1. The van der Waals surface area contributed by atoms with Gasteiger partial charge in [-0.2, -0.15) is 0 Å². The van der Waals surface area contributed by atoms with Gasteiger partial charge in [-0.05, 0) is 24.0 Å². The van der Waals surface area contributed by atoms with Gasteiger partial charge in [-0.15, -0.1) is 0 Å². The molecule has 1 aromatic heterocycles. The summed E-state index contributed by atoms with van der Waals surface area (Å²) in [6.07, 6.45) is 2.24. The number of benzene rings is 1. The van der Waals surface area contributed by atoms with Crippen LogP contribution < -0.4 is 16.8 Å². The first-order valence-corrected chi connectivity index (χ1v) is 7.30. The van der Waals surface area contributed by atoms with Crippen molar-refractivity contribution >= 4 is 22.7 Å². The van der Waals surface area contributed by atoms with Crippen molar-refractivity contribution in [1.29, 1.82) is 0 Å². The summed E-state index contributed by atoms with van der Waals surface area (Å²) in [5, 5.41) is 3.67. The highest BCUT2D eigenvalue weighted by molar-refractivity contribution is 5.90. The topological polar surface area (TPSA) is 114 Å². The molecule has 2 rings (SSSR count). The Bertz CT molecular complexity index is 678. The van der Waals surface area contributed by atoms with Crippen LogP contribution in [0.4, 0.5) is 0 Å². The SMILES string of the molecule is CC(C)[C@H](NC(=O)[C@@H](N)Cc1c[nH]c2ccccc12)C(N)=O. The zero-order chi connectivity index (χ0) is 16.3. The van der Waals surface area contributed by atoms with Crippen LogP contribution in [0.3, 0.4) is 0 Å². The average Bonchev–Trinajstić information content (AvgIpc) is 2.87. The van der Waals surface area contributed by atoms with Gasteiger partial charge in [-0.25, -0.2) is 0 Å². The number of hydrogen-bond donors (Lipinski definition) is 4. The van der Waals surface area contributed by atoms with Crippen LogP contribution in [0.1, 0.15) is 19.4 Å². The maximum atomic E-state index is 12.2. The van der Waals surface area contributed by atoms with Crippen molar-refractivity contribution in [2.45, 2.75) is 32.4 Å². The molecular formula is C16H22N4O2. The first kappa shape index (κ1) is 16.0. The van der Waals surface area contributed by atoms with Crippen LogP contribution in [0, 0.1) is 5.92 Å². The van der Waals surface area contributed by atoms with E-state index in [0.29, 0.717) is 6.42 Å². The van der Waals surface area contributed by atoms with Gasteiger partial charge in [0.05, 0.1) is 6.04 Å². The van der Waals surface area contributed by atoms with Gasteiger partial charge in [0.15, 0.2) is 0 Å². The number of H-pyrrole nitrogens is 1. The summed E-state index contributed by atoms with van der Waals surface area (Å²) in [5.41, 5.74) is 13.2. The lowest BCUT2D eigenvalue weighted by atomic mass is 10.0. The van der Waals surface area contributed by atoms with E-state index in [4.69, 9.17) is 11.5 Å². The minimum absolute atomic E-state index is 0.0817. The maximum Gasteiger partial charge on any atom is 0.240 e. The third-order valence-corrected chi connectivity index (χ3v) is 3.72. The highest BCUT2D eigenvalue weighted by Gasteiger charge is 2.25. The lowest BCUT2D eigenvalue weighted by Gasteiger charge is -2.21. The van der Waals surface area contributed by atoms with Gasteiger partial charge in [0.1, 0.15) is 6.04 Å². The molecule has 1 aromatic carbocycles. The Labute approximate surface area is 129 Å². The van der Waals surface area contributed by atoms with Crippen LogP contribution in [0.2, 0.25) is 0 Å². The molecule has 0 fully saturated rings. The number of carbonyl (C=O) groups excluding carboxylic acids is 2. The van der Waals surface area contributed by atoms with Crippen molar-refractivity contribution in [3.8, 4) is 0 Å². The van der Waals surface area contributed by atoms with Crippen LogP contribution in [0.5, 0.6) is 0 Å². The number of para-hydroxylation sites is 1. The summed E-state index contributed by atoms with van der Waals surface area (Å²) in [6, 6.07) is 6.38. The molecule has 0 radical (unpaired) electrons. The van der Waals surface area contributed by atoms with Crippen LogP contribution in [0.15, 0.2) is 30.5 Å². The Kier molecular flexibility index (Phi) is 4.82. The van der Waals surface area contributed by atoms with Crippen LogP contribution in [-0.4, -0.2) is 28.9 Å². The fourth-order valence-electron chi connectivity index (χ4n) is 2.46. The molecule has 2 atom stereocenters. The molecule has 0 saturated carbocycles. The summed E-state index contributed by atoms with van der Waals surface area (Å²) in [5.74, 6) is -1.01. The second-order valence-corrected chi connectivity index (χ2v) is 5.80. The highest BCUT2D eigenvalue weighted by Crippen LogP contribution is 2.18. The minimum Gasteiger partial charge on any atom is -0.368 e. The standard InChI is InChI=1S/C16H22N4O2/c1-9(2)14(15(18)21)20-16(22)12(17)7-10-8-19-13-6-4-3-5-11(10)13/h3-6,8-9,12,14,19H,7,17H2,1-2H3,(H2,18,21)(H,20,22)/t12-,14-/m0/s1. The second kappa shape index (κ2) is 6.62. The molecule has 0 unspecified atom stereocenters. The van der Waals surface area contributed by atoms with Crippen molar-refractivity contribution in [2.75, 3.05) is 0 Å². The molecule has 6 N–H and O–H groups in total. The van der Waals surface area contributed by atoms with Crippen molar-refractivity contribution < 1.29 is 9.59 Å². The van der Waals surface area contributed by atoms with E-state index in [9.17, 15) is 9.59 Å². The van der Waals surface area contributed by atoms with Crippen LogP contribution >= 0.6 is 0 Å². The lowest BCUT2D eigenvalue weighted by Crippen LogP contribution is -2.53. The maximum absolute atomic E-state index is 12.2. The number of carbonyl (C=O) groups is 2. The minimum atomic E-state index is -0.736. The van der Waals surface area contributed by atoms with Gasteiger partial charge < -0.3 is 21.8 Å². The fourth-order valence-corrected chi connectivity index (χ4v) is 2.46. The zero-order valence-corrected chi connectivity index (χ0v) is 12.8. The summed E-state index contributed by atoms with van der Waals surface area (Å²) in [7, 11) is 0. The number of amides is 2. The van der Waals surface area contributed by atoms with E-state index in [1.165, 1.54) is 0 Å². The molecule has 0 aliphatic carbocycles. The van der Waals surface area contributed by atoms with E-state index < -0.39 is 18.0 Å². The van der Waals surface area contributed by atoms with E-state index in [2.05, 4.69) is 10.3 Å². The molecule has 0 aliphatic heterocycles. The number of primary amides is 1. The molecule has 0 saturated heterocycles. The number of aromatic amines is 1. The van der Waals surface area contributed by atoms with Crippen molar-refractivity contribution in [1.82, 2.24) is 10.3 Å². The smallest absolute Gasteiger partial charge is 0.240 e. The zero-order valence-electron chi connectivity index (χ0n) is 12.8. The van der Waals surface area contributed by atoms with Crippen molar-refractivity contribution in [3.05, 3.63) is 36.0 Å². The van der Waals surface area contributed by atoms with Gasteiger partial charge in [0.25, 0.3) is 0 Å². The van der Waals surface area contributed by atoms with E-state index in [0.717, 1.165) is 16.5 Å². The number of nitrogens with one attached hydrogen (secondary N) is 2. The van der Waals surface area contributed by atoms with Gasteiger partial charge in [0.2, 0.25) is 11.8 Å². The first-order chi connectivity index (χ1) is 10.4. The molecule has 0 spiro atoms. The molecule has 2 aromatic rings. The third kappa shape index (κ3) is 3.46. The highest BCUT2D eigenvalue weighted by atomic mass is 16.2. The first-order valence-electron chi connectivity index (χ1n) is 7.30. The Morgan fingerprint density at radius 3 is 2.59 bits per heavy atom.